The first-order valence-corrected chi connectivity index (χ1v) is 10.7. The fraction of sp³-hybridized carbons (Fsp3) is 0.286. The summed E-state index contributed by atoms with van der Waals surface area (Å²) >= 11 is 0. The minimum atomic E-state index is -3.76. The van der Waals surface area contributed by atoms with Crippen LogP contribution in [-0.4, -0.2) is 26.5 Å². The van der Waals surface area contributed by atoms with Crippen LogP contribution in [0, 0.1) is 6.92 Å². The monoisotopic (exact) mass is 382 g/mol. The van der Waals surface area contributed by atoms with Gasteiger partial charge in [0.15, 0.2) is 0 Å². The lowest BCUT2D eigenvalue weighted by atomic mass is 10.1. The molecule has 1 aliphatic heterocycles. The van der Waals surface area contributed by atoms with Crippen LogP contribution in [0.2, 0.25) is 0 Å². The van der Waals surface area contributed by atoms with E-state index in [1.807, 2.05) is 36.1 Å². The molecule has 0 spiro atoms. The van der Waals surface area contributed by atoms with Crippen LogP contribution in [0.5, 0.6) is 0 Å². The van der Waals surface area contributed by atoms with Gasteiger partial charge in [0.25, 0.3) is 0 Å². The van der Waals surface area contributed by atoms with E-state index >= 15 is 0 Å². The van der Waals surface area contributed by atoms with Crippen molar-refractivity contribution < 1.29 is 12.8 Å². The summed E-state index contributed by atoms with van der Waals surface area (Å²) in [6.45, 7) is 3.56. The molecule has 2 heterocycles. The van der Waals surface area contributed by atoms with Crippen molar-refractivity contribution in [3.05, 3.63) is 60.2 Å². The third-order valence-electron chi connectivity index (χ3n) is 4.83. The molecule has 0 saturated carbocycles. The van der Waals surface area contributed by atoms with Crippen LogP contribution < -0.4 is 4.90 Å². The van der Waals surface area contributed by atoms with E-state index in [4.69, 9.17) is 4.42 Å². The van der Waals surface area contributed by atoms with E-state index in [-0.39, 0.29) is 9.92 Å². The maximum atomic E-state index is 13.2. The van der Waals surface area contributed by atoms with E-state index in [2.05, 4.69) is 4.98 Å². The lowest BCUT2D eigenvalue weighted by molar-refractivity contribution is 0.499. The minimum Gasteiger partial charge on any atom is -0.419 e. The highest BCUT2D eigenvalue weighted by Gasteiger charge is 2.31. The average molecular weight is 382 g/mol. The molecule has 0 atom stereocenters. The molecule has 27 heavy (non-hydrogen) atoms. The van der Waals surface area contributed by atoms with Gasteiger partial charge in [0.1, 0.15) is 0 Å². The van der Waals surface area contributed by atoms with Gasteiger partial charge in [-0.25, -0.2) is 8.42 Å². The first-order chi connectivity index (χ1) is 13.1. The maximum Gasteiger partial charge on any atom is 0.236 e. The molecule has 0 N–H and O–H groups in total. The summed E-state index contributed by atoms with van der Waals surface area (Å²) in [5, 5.41) is 0.00572. The molecule has 6 heteroatoms. The predicted molar refractivity (Wildman–Crippen MR) is 105 cm³/mol. The van der Waals surface area contributed by atoms with Crippen LogP contribution in [0.1, 0.15) is 24.8 Å². The zero-order valence-corrected chi connectivity index (χ0v) is 16.1. The number of hydrogen-bond donors (Lipinski definition) is 0. The van der Waals surface area contributed by atoms with Crippen molar-refractivity contribution in [3.8, 4) is 11.5 Å². The second-order valence-electron chi connectivity index (χ2n) is 6.86. The van der Waals surface area contributed by atoms with Crippen LogP contribution >= 0.6 is 0 Å². The Morgan fingerprint density at radius 1 is 0.926 bits per heavy atom. The van der Waals surface area contributed by atoms with E-state index < -0.39 is 9.84 Å². The largest absolute Gasteiger partial charge is 0.419 e. The molecule has 0 unspecified atom stereocenters. The molecule has 2 aromatic carbocycles. The topological polar surface area (TPSA) is 63.4 Å². The Balaban J connectivity index is 1.84. The third kappa shape index (κ3) is 3.49. The van der Waals surface area contributed by atoms with E-state index in [0.29, 0.717) is 11.8 Å². The normalized spacial score (nSPS) is 15.1. The third-order valence-corrected chi connectivity index (χ3v) is 6.50. The van der Waals surface area contributed by atoms with E-state index in [9.17, 15) is 8.42 Å². The summed E-state index contributed by atoms with van der Waals surface area (Å²) in [4.78, 5) is 6.67. The van der Waals surface area contributed by atoms with Gasteiger partial charge < -0.3 is 9.32 Å². The van der Waals surface area contributed by atoms with Crippen molar-refractivity contribution in [3.63, 3.8) is 0 Å². The van der Waals surface area contributed by atoms with E-state index in [0.717, 1.165) is 43.5 Å². The minimum absolute atomic E-state index is 0.00572. The number of hydrogen-bond acceptors (Lipinski definition) is 5. The first-order valence-electron chi connectivity index (χ1n) is 9.19. The number of aryl methyl sites for hydroxylation is 1. The first kappa shape index (κ1) is 17.8. The number of oxazole rings is 1. The molecule has 0 bridgehead atoms. The maximum absolute atomic E-state index is 13.2. The van der Waals surface area contributed by atoms with Gasteiger partial charge in [0, 0.05) is 18.7 Å². The van der Waals surface area contributed by atoms with Crippen molar-refractivity contribution in [2.75, 3.05) is 18.0 Å². The highest BCUT2D eigenvalue weighted by Crippen LogP contribution is 2.35. The lowest BCUT2D eigenvalue weighted by Gasteiger charge is -2.26. The van der Waals surface area contributed by atoms with E-state index in [1.165, 1.54) is 0 Å². The Morgan fingerprint density at radius 3 is 2.26 bits per heavy atom. The van der Waals surface area contributed by atoms with Crippen molar-refractivity contribution in [2.24, 2.45) is 0 Å². The molecule has 0 amide bonds. The van der Waals surface area contributed by atoms with Gasteiger partial charge >= 0.3 is 0 Å². The number of sulfone groups is 1. The molecule has 0 radical (unpaired) electrons. The number of nitrogens with zero attached hydrogens (tertiary/aromatic N) is 2. The molecule has 4 rings (SSSR count). The van der Waals surface area contributed by atoms with Gasteiger partial charge in [-0.15, -0.1) is 0 Å². The smallest absolute Gasteiger partial charge is 0.236 e. The summed E-state index contributed by atoms with van der Waals surface area (Å²) in [5.74, 6) is 0.694. The predicted octanol–water partition coefficient (Wildman–Crippen LogP) is 4.47. The van der Waals surface area contributed by atoms with Gasteiger partial charge in [-0.2, -0.15) is 4.98 Å². The van der Waals surface area contributed by atoms with Gasteiger partial charge in [-0.05, 0) is 50.5 Å². The number of benzene rings is 2. The summed E-state index contributed by atoms with van der Waals surface area (Å²) in [5.41, 5.74) is 1.90. The van der Waals surface area contributed by atoms with Crippen LogP contribution in [-0.2, 0) is 9.84 Å². The van der Waals surface area contributed by atoms with Crippen LogP contribution in [0.4, 0.5) is 5.88 Å². The Bertz CT molecular complexity index is 1020. The van der Waals surface area contributed by atoms with Crippen LogP contribution in [0.3, 0.4) is 0 Å². The number of rotatable bonds is 4. The molecule has 0 aliphatic carbocycles. The SMILES string of the molecule is Cc1ccc(-c2nc(S(=O)(=O)c3ccccc3)c(N3CCCCC3)o2)cc1. The van der Waals surface area contributed by atoms with Gasteiger partial charge in [-0.3, -0.25) is 0 Å². The summed E-state index contributed by atoms with van der Waals surface area (Å²) in [7, 11) is -3.76. The Kier molecular flexibility index (Phi) is 4.74. The standard InChI is InChI=1S/C21H22N2O3S/c1-16-10-12-17(13-11-16)19-22-20(21(26-19)23-14-6-3-7-15-23)27(24,25)18-8-4-2-5-9-18/h2,4-5,8-13H,3,6-7,14-15H2,1H3. The molecule has 1 saturated heterocycles. The zero-order chi connectivity index (χ0) is 18.9. The molecule has 1 aliphatic rings. The van der Waals surface area contributed by atoms with Crippen molar-refractivity contribution in [1.29, 1.82) is 0 Å². The summed E-state index contributed by atoms with van der Waals surface area (Å²) in [6.07, 6.45) is 3.19. The molecular formula is C21H22N2O3S. The average Bonchev–Trinajstić information content (AvgIpc) is 3.16. The fourth-order valence-corrected chi connectivity index (χ4v) is 4.64. The molecule has 3 aromatic rings. The zero-order valence-electron chi connectivity index (χ0n) is 15.3. The lowest BCUT2D eigenvalue weighted by Crippen LogP contribution is -2.30. The quantitative estimate of drug-likeness (QED) is 0.666. The molecule has 1 fully saturated rings. The molecule has 140 valence electrons. The van der Waals surface area contributed by atoms with Crippen molar-refractivity contribution in [2.45, 2.75) is 36.1 Å². The van der Waals surface area contributed by atoms with Crippen molar-refractivity contribution >= 4 is 15.7 Å². The molecular weight excluding hydrogens is 360 g/mol. The summed E-state index contributed by atoms with van der Waals surface area (Å²) < 4.78 is 32.5. The van der Waals surface area contributed by atoms with Gasteiger partial charge in [0.2, 0.25) is 26.6 Å². The van der Waals surface area contributed by atoms with Crippen LogP contribution in [0.15, 0.2) is 68.9 Å². The Hall–Kier alpha value is -2.60. The number of anilines is 1. The highest BCUT2D eigenvalue weighted by atomic mass is 32.2. The van der Waals surface area contributed by atoms with Gasteiger partial charge in [-0.1, -0.05) is 35.9 Å². The Labute approximate surface area is 159 Å². The number of aromatic nitrogens is 1. The van der Waals surface area contributed by atoms with E-state index in [1.54, 1.807) is 30.3 Å². The second kappa shape index (κ2) is 7.19. The highest BCUT2D eigenvalue weighted by molar-refractivity contribution is 7.91. The fourth-order valence-electron chi connectivity index (χ4n) is 3.30. The number of piperidine rings is 1. The van der Waals surface area contributed by atoms with Crippen LogP contribution in [0.25, 0.3) is 11.5 Å². The van der Waals surface area contributed by atoms with Gasteiger partial charge in [0.05, 0.1) is 4.90 Å². The summed E-state index contributed by atoms with van der Waals surface area (Å²) in [6, 6.07) is 16.1. The molecule has 1 aromatic heterocycles. The Morgan fingerprint density at radius 2 is 1.59 bits per heavy atom. The van der Waals surface area contributed by atoms with Crippen molar-refractivity contribution in [1.82, 2.24) is 4.98 Å². The molecule has 5 nitrogen and oxygen atoms in total. The second-order valence-corrected chi connectivity index (χ2v) is 8.72.